The summed E-state index contributed by atoms with van der Waals surface area (Å²) in [4.78, 5) is 27.8. The highest BCUT2D eigenvalue weighted by Gasteiger charge is 2.23. The Labute approximate surface area is 192 Å². The molecule has 0 amide bonds. The normalized spacial score (nSPS) is 15.4. The minimum atomic E-state index is -0.555. The first kappa shape index (κ1) is 22.1. The second-order valence-electron chi connectivity index (χ2n) is 7.40. The SMILES string of the molecule is O=[N+]([O-])c1ccc(C=CCN2CCC(c3nc(-c4ccc(Cl)c([N+](=O)[O-])c4)cs3)CC2)o1. The van der Waals surface area contributed by atoms with Gasteiger partial charge in [0.1, 0.15) is 15.7 Å². The first-order chi connectivity index (χ1) is 15.4. The van der Waals surface area contributed by atoms with E-state index in [1.165, 1.54) is 18.2 Å². The molecule has 166 valence electrons. The fraction of sp³-hybridized carbons (Fsp3) is 0.286. The summed E-state index contributed by atoms with van der Waals surface area (Å²) in [5.74, 6) is 0.551. The van der Waals surface area contributed by atoms with Crippen LogP contribution >= 0.6 is 22.9 Å². The Kier molecular flexibility index (Phi) is 6.63. The summed E-state index contributed by atoms with van der Waals surface area (Å²) in [5.41, 5.74) is 1.29. The minimum Gasteiger partial charge on any atom is -0.401 e. The number of nitro benzene ring substituents is 1. The third-order valence-electron chi connectivity index (χ3n) is 5.34. The van der Waals surface area contributed by atoms with Crippen molar-refractivity contribution in [3.8, 4) is 11.3 Å². The van der Waals surface area contributed by atoms with E-state index in [1.807, 2.05) is 11.5 Å². The number of aromatic nitrogens is 1. The molecule has 0 atom stereocenters. The van der Waals surface area contributed by atoms with E-state index in [1.54, 1.807) is 29.5 Å². The second kappa shape index (κ2) is 9.60. The molecule has 32 heavy (non-hydrogen) atoms. The fourth-order valence-electron chi connectivity index (χ4n) is 3.63. The standard InChI is InChI=1S/C21H19ClN4O5S/c22-17-5-3-15(12-19(17)25(27)28)18-13-32-21(23-18)14-7-10-24(11-8-14)9-1-2-16-4-6-20(31-16)26(29)30/h1-6,12-14H,7-11H2. The molecule has 0 saturated carbocycles. The lowest BCUT2D eigenvalue weighted by atomic mass is 9.97. The van der Waals surface area contributed by atoms with E-state index in [4.69, 9.17) is 21.0 Å². The van der Waals surface area contributed by atoms with Crippen LogP contribution in [0.5, 0.6) is 0 Å². The van der Waals surface area contributed by atoms with Crippen molar-refractivity contribution in [1.29, 1.82) is 0 Å². The number of hydrogen-bond acceptors (Lipinski definition) is 8. The number of nitrogens with zero attached hydrogens (tertiary/aromatic N) is 4. The van der Waals surface area contributed by atoms with Crippen LogP contribution in [0.2, 0.25) is 5.02 Å². The van der Waals surface area contributed by atoms with Crippen molar-refractivity contribution in [2.24, 2.45) is 0 Å². The molecule has 0 bridgehead atoms. The third-order valence-corrected chi connectivity index (χ3v) is 6.66. The smallest absolute Gasteiger partial charge is 0.401 e. The Morgan fingerprint density at radius 1 is 1.19 bits per heavy atom. The zero-order chi connectivity index (χ0) is 22.7. The summed E-state index contributed by atoms with van der Waals surface area (Å²) in [6.45, 7) is 2.56. The van der Waals surface area contributed by atoms with Gasteiger partial charge in [-0.1, -0.05) is 23.7 Å². The van der Waals surface area contributed by atoms with Crippen LogP contribution in [0.4, 0.5) is 11.6 Å². The van der Waals surface area contributed by atoms with Crippen LogP contribution in [-0.4, -0.2) is 39.4 Å². The average molecular weight is 475 g/mol. The van der Waals surface area contributed by atoms with Crippen LogP contribution in [0.25, 0.3) is 17.3 Å². The zero-order valence-electron chi connectivity index (χ0n) is 16.8. The quantitative estimate of drug-likeness (QED) is 0.315. The summed E-state index contributed by atoms with van der Waals surface area (Å²) in [6.07, 6.45) is 5.62. The van der Waals surface area contributed by atoms with Crippen LogP contribution in [0.1, 0.15) is 29.5 Å². The van der Waals surface area contributed by atoms with Crippen LogP contribution in [0.3, 0.4) is 0 Å². The monoisotopic (exact) mass is 474 g/mol. The lowest BCUT2D eigenvalue weighted by molar-refractivity contribution is -0.402. The van der Waals surface area contributed by atoms with Gasteiger partial charge in [-0.3, -0.25) is 25.1 Å². The molecular weight excluding hydrogens is 456 g/mol. The van der Waals surface area contributed by atoms with Crippen molar-refractivity contribution >= 4 is 40.6 Å². The van der Waals surface area contributed by atoms with Gasteiger partial charge >= 0.3 is 5.88 Å². The van der Waals surface area contributed by atoms with E-state index < -0.39 is 9.85 Å². The number of halogens is 1. The minimum absolute atomic E-state index is 0.112. The predicted octanol–water partition coefficient (Wildman–Crippen LogP) is 5.77. The van der Waals surface area contributed by atoms with Crippen molar-refractivity contribution in [3.63, 3.8) is 0 Å². The number of likely N-dealkylation sites (tertiary alicyclic amines) is 1. The van der Waals surface area contributed by atoms with Crippen LogP contribution in [0.15, 0.2) is 46.2 Å². The van der Waals surface area contributed by atoms with E-state index in [-0.39, 0.29) is 16.6 Å². The van der Waals surface area contributed by atoms with E-state index in [0.29, 0.717) is 17.2 Å². The Balaban J connectivity index is 1.32. The van der Waals surface area contributed by atoms with Crippen molar-refractivity contribution in [1.82, 2.24) is 9.88 Å². The molecule has 0 unspecified atom stereocenters. The number of piperidine rings is 1. The van der Waals surface area contributed by atoms with Crippen LogP contribution < -0.4 is 0 Å². The molecule has 0 aliphatic carbocycles. The maximum Gasteiger partial charge on any atom is 0.433 e. The highest BCUT2D eigenvalue weighted by atomic mass is 35.5. The molecular formula is C21H19ClN4O5S. The first-order valence-electron chi connectivity index (χ1n) is 9.93. The number of rotatable bonds is 7. The molecule has 1 aromatic carbocycles. The Morgan fingerprint density at radius 2 is 1.97 bits per heavy atom. The van der Waals surface area contributed by atoms with Crippen molar-refractivity contribution in [3.05, 3.63) is 77.8 Å². The van der Waals surface area contributed by atoms with E-state index in [0.717, 1.165) is 43.2 Å². The van der Waals surface area contributed by atoms with Gasteiger partial charge in [0.05, 0.1) is 21.7 Å². The molecule has 1 aliphatic rings. The Morgan fingerprint density at radius 3 is 2.66 bits per heavy atom. The van der Waals surface area contributed by atoms with Gasteiger partial charge in [0.25, 0.3) is 5.69 Å². The lowest BCUT2D eigenvalue weighted by Crippen LogP contribution is -2.32. The van der Waals surface area contributed by atoms with Gasteiger partial charge in [0.15, 0.2) is 0 Å². The largest absolute Gasteiger partial charge is 0.433 e. The highest BCUT2D eigenvalue weighted by molar-refractivity contribution is 7.10. The Hall–Kier alpha value is -3.08. The predicted molar refractivity (Wildman–Crippen MR) is 122 cm³/mol. The molecule has 9 nitrogen and oxygen atoms in total. The van der Waals surface area contributed by atoms with E-state index in [9.17, 15) is 20.2 Å². The highest BCUT2D eigenvalue weighted by Crippen LogP contribution is 2.35. The van der Waals surface area contributed by atoms with Crippen molar-refractivity contribution in [2.75, 3.05) is 19.6 Å². The number of thiazole rings is 1. The molecule has 1 fully saturated rings. The molecule has 2 aromatic heterocycles. The van der Waals surface area contributed by atoms with Crippen LogP contribution in [0, 0.1) is 20.2 Å². The number of hydrogen-bond donors (Lipinski definition) is 0. The Bertz CT molecular complexity index is 1170. The van der Waals surface area contributed by atoms with Crippen molar-refractivity contribution in [2.45, 2.75) is 18.8 Å². The van der Waals surface area contributed by atoms with E-state index in [2.05, 4.69) is 4.90 Å². The first-order valence-corrected chi connectivity index (χ1v) is 11.2. The van der Waals surface area contributed by atoms with Gasteiger partial charge in [-0.05, 0) is 44.1 Å². The average Bonchev–Trinajstić information content (AvgIpc) is 3.45. The molecule has 4 rings (SSSR count). The molecule has 3 heterocycles. The van der Waals surface area contributed by atoms with E-state index >= 15 is 0 Å². The second-order valence-corrected chi connectivity index (χ2v) is 8.70. The summed E-state index contributed by atoms with van der Waals surface area (Å²) in [6, 6.07) is 7.66. The maximum absolute atomic E-state index is 11.1. The van der Waals surface area contributed by atoms with Gasteiger partial charge in [0.2, 0.25) is 0 Å². The van der Waals surface area contributed by atoms with Gasteiger partial charge in [-0.2, -0.15) is 0 Å². The maximum atomic E-state index is 11.1. The summed E-state index contributed by atoms with van der Waals surface area (Å²) in [5, 5.41) is 24.9. The molecule has 0 N–H and O–H groups in total. The van der Waals surface area contributed by atoms with Crippen LogP contribution in [-0.2, 0) is 0 Å². The summed E-state index contributed by atoms with van der Waals surface area (Å²) >= 11 is 7.48. The van der Waals surface area contributed by atoms with Gasteiger partial charge in [-0.25, -0.2) is 4.98 Å². The summed E-state index contributed by atoms with van der Waals surface area (Å²) < 4.78 is 5.12. The van der Waals surface area contributed by atoms with Gasteiger partial charge in [-0.15, -0.1) is 11.3 Å². The zero-order valence-corrected chi connectivity index (χ0v) is 18.4. The number of nitro groups is 2. The molecule has 1 aliphatic heterocycles. The van der Waals surface area contributed by atoms with Gasteiger partial charge in [0, 0.05) is 29.5 Å². The molecule has 11 heteroatoms. The number of benzene rings is 1. The fourth-order valence-corrected chi connectivity index (χ4v) is 4.82. The molecule has 0 radical (unpaired) electrons. The third kappa shape index (κ3) is 5.04. The topological polar surface area (TPSA) is 116 Å². The van der Waals surface area contributed by atoms with Crippen molar-refractivity contribution < 1.29 is 14.3 Å². The molecule has 3 aromatic rings. The summed E-state index contributed by atoms with van der Waals surface area (Å²) in [7, 11) is 0. The molecule has 1 saturated heterocycles. The lowest BCUT2D eigenvalue weighted by Gasteiger charge is -2.30. The number of furan rings is 1. The molecule has 0 spiro atoms. The van der Waals surface area contributed by atoms with Gasteiger partial charge < -0.3 is 4.42 Å².